The molecule has 1 heterocycles. The number of nitrogens with zero attached hydrogens (tertiary/aromatic N) is 1. The molecule has 5 nitrogen and oxygen atoms in total. The van der Waals surface area contributed by atoms with Crippen molar-refractivity contribution in [1.82, 2.24) is 4.98 Å². The lowest BCUT2D eigenvalue weighted by atomic mass is 10.2. The van der Waals surface area contributed by atoms with E-state index >= 15 is 0 Å². The molecule has 0 unspecified atom stereocenters. The van der Waals surface area contributed by atoms with Gasteiger partial charge in [-0.3, -0.25) is 0 Å². The van der Waals surface area contributed by atoms with Crippen molar-refractivity contribution in [2.75, 3.05) is 18.5 Å². The standard InChI is InChI=1S/C13H19BrN2O3/c1-3-5-7-19-13(18)9-8-10(14)12(17)16-11(9)15-6-4-2/h8H,3-7H2,1-2H3,(H2,15,16,17). The molecule has 0 radical (unpaired) electrons. The average Bonchev–Trinajstić information content (AvgIpc) is 2.39. The maximum absolute atomic E-state index is 12.0. The van der Waals surface area contributed by atoms with Gasteiger partial charge in [0.25, 0.3) is 0 Å². The Balaban J connectivity index is 2.89. The van der Waals surface area contributed by atoms with Crippen molar-refractivity contribution in [3.8, 4) is 5.88 Å². The molecule has 6 heteroatoms. The largest absolute Gasteiger partial charge is 0.492 e. The van der Waals surface area contributed by atoms with Crippen LogP contribution in [0.3, 0.4) is 0 Å². The van der Waals surface area contributed by atoms with Crippen molar-refractivity contribution < 1.29 is 14.6 Å². The Bertz CT molecular complexity index is 438. The first-order valence-electron chi connectivity index (χ1n) is 6.40. The molecule has 0 fully saturated rings. The van der Waals surface area contributed by atoms with E-state index in [4.69, 9.17) is 4.74 Å². The number of ether oxygens (including phenoxy) is 1. The third-order valence-electron chi connectivity index (χ3n) is 2.45. The maximum atomic E-state index is 12.0. The normalized spacial score (nSPS) is 10.3. The van der Waals surface area contributed by atoms with Gasteiger partial charge in [0.05, 0.1) is 11.1 Å². The molecule has 0 aliphatic heterocycles. The number of hydrogen-bond donors (Lipinski definition) is 2. The van der Waals surface area contributed by atoms with Gasteiger partial charge in [-0.15, -0.1) is 0 Å². The molecule has 0 saturated carbocycles. The highest BCUT2D eigenvalue weighted by molar-refractivity contribution is 9.10. The second kappa shape index (κ2) is 7.99. The summed E-state index contributed by atoms with van der Waals surface area (Å²) in [6, 6.07) is 1.52. The Hall–Kier alpha value is -1.30. The molecule has 2 N–H and O–H groups in total. The summed E-state index contributed by atoms with van der Waals surface area (Å²) in [4.78, 5) is 15.9. The molecule has 0 saturated heterocycles. The number of carbonyl (C=O) groups is 1. The van der Waals surface area contributed by atoms with E-state index < -0.39 is 5.97 Å². The quantitative estimate of drug-likeness (QED) is 0.592. The van der Waals surface area contributed by atoms with Crippen LogP contribution in [0.5, 0.6) is 5.88 Å². The summed E-state index contributed by atoms with van der Waals surface area (Å²) >= 11 is 3.15. The van der Waals surface area contributed by atoms with Crippen molar-refractivity contribution in [1.29, 1.82) is 0 Å². The topological polar surface area (TPSA) is 71.5 Å². The first-order valence-corrected chi connectivity index (χ1v) is 7.19. The number of halogens is 1. The van der Waals surface area contributed by atoms with E-state index in [0.29, 0.717) is 29.0 Å². The first-order chi connectivity index (χ1) is 9.10. The van der Waals surface area contributed by atoms with Gasteiger partial charge in [0, 0.05) is 6.54 Å². The predicted molar refractivity (Wildman–Crippen MR) is 77.6 cm³/mol. The van der Waals surface area contributed by atoms with Crippen LogP contribution in [0.4, 0.5) is 5.82 Å². The van der Waals surface area contributed by atoms with Crippen molar-refractivity contribution >= 4 is 27.7 Å². The highest BCUT2D eigenvalue weighted by Gasteiger charge is 2.17. The molecule has 0 aromatic carbocycles. The van der Waals surface area contributed by atoms with E-state index in [9.17, 15) is 9.90 Å². The number of aromatic hydroxyl groups is 1. The van der Waals surface area contributed by atoms with Gasteiger partial charge in [0.15, 0.2) is 0 Å². The molecule has 0 bridgehead atoms. The smallest absolute Gasteiger partial charge is 0.341 e. The molecule has 106 valence electrons. The van der Waals surface area contributed by atoms with Gasteiger partial charge in [-0.05, 0) is 34.8 Å². The number of aromatic nitrogens is 1. The Morgan fingerprint density at radius 2 is 2.21 bits per heavy atom. The highest BCUT2D eigenvalue weighted by atomic mass is 79.9. The van der Waals surface area contributed by atoms with Crippen LogP contribution >= 0.6 is 15.9 Å². The summed E-state index contributed by atoms with van der Waals surface area (Å²) in [5, 5.41) is 12.6. The number of anilines is 1. The van der Waals surface area contributed by atoms with Gasteiger partial charge in [-0.1, -0.05) is 20.3 Å². The molecule has 1 rings (SSSR count). The Labute approximate surface area is 121 Å². The van der Waals surface area contributed by atoms with E-state index in [1.54, 1.807) is 0 Å². The molecule has 0 aliphatic carbocycles. The maximum Gasteiger partial charge on any atom is 0.341 e. The summed E-state index contributed by atoms with van der Waals surface area (Å²) in [5.41, 5.74) is 0.328. The van der Waals surface area contributed by atoms with Gasteiger partial charge in [0.1, 0.15) is 11.4 Å². The molecular formula is C13H19BrN2O3. The number of esters is 1. The number of nitrogens with one attached hydrogen (secondary N) is 1. The number of unbranched alkanes of at least 4 members (excludes halogenated alkanes) is 1. The molecular weight excluding hydrogens is 312 g/mol. The second-order valence-electron chi connectivity index (χ2n) is 4.11. The van der Waals surface area contributed by atoms with Gasteiger partial charge in [-0.2, -0.15) is 4.98 Å². The SMILES string of the molecule is CCCCOC(=O)c1cc(Br)c(O)nc1NCCC. The summed E-state index contributed by atoms with van der Waals surface area (Å²) in [5.74, 6) is -0.229. The number of carbonyl (C=O) groups excluding carboxylic acids is 1. The molecule has 0 aliphatic rings. The monoisotopic (exact) mass is 330 g/mol. The summed E-state index contributed by atoms with van der Waals surface area (Å²) in [7, 11) is 0. The highest BCUT2D eigenvalue weighted by Crippen LogP contribution is 2.27. The average molecular weight is 331 g/mol. The lowest BCUT2D eigenvalue weighted by Gasteiger charge is -2.11. The van der Waals surface area contributed by atoms with E-state index in [1.165, 1.54) is 6.07 Å². The van der Waals surface area contributed by atoms with Gasteiger partial charge in [-0.25, -0.2) is 4.79 Å². The van der Waals surface area contributed by atoms with Crippen LogP contribution in [0.1, 0.15) is 43.5 Å². The fourth-order valence-electron chi connectivity index (χ4n) is 1.40. The van der Waals surface area contributed by atoms with Crippen molar-refractivity contribution in [3.05, 3.63) is 16.1 Å². The van der Waals surface area contributed by atoms with Crippen molar-refractivity contribution in [3.63, 3.8) is 0 Å². The zero-order chi connectivity index (χ0) is 14.3. The third kappa shape index (κ3) is 4.70. The lowest BCUT2D eigenvalue weighted by Crippen LogP contribution is -2.12. The molecule has 1 aromatic heterocycles. The van der Waals surface area contributed by atoms with Crippen LogP contribution in [-0.2, 0) is 4.74 Å². The minimum atomic E-state index is -0.430. The van der Waals surface area contributed by atoms with E-state index in [1.807, 2.05) is 13.8 Å². The Morgan fingerprint density at radius 3 is 2.84 bits per heavy atom. The van der Waals surface area contributed by atoms with Crippen LogP contribution in [0.2, 0.25) is 0 Å². The predicted octanol–water partition coefficient (Wildman–Crippen LogP) is 3.33. The van der Waals surface area contributed by atoms with Crippen molar-refractivity contribution in [2.24, 2.45) is 0 Å². The summed E-state index contributed by atoms with van der Waals surface area (Å²) in [6.07, 6.45) is 2.69. The summed E-state index contributed by atoms with van der Waals surface area (Å²) < 4.78 is 5.53. The summed E-state index contributed by atoms with van der Waals surface area (Å²) in [6.45, 7) is 5.09. The minimum absolute atomic E-state index is 0.149. The van der Waals surface area contributed by atoms with Gasteiger partial charge >= 0.3 is 5.97 Å². The first kappa shape index (κ1) is 15.8. The fraction of sp³-hybridized carbons (Fsp3) is 0.538. The molecule has 0 amide bonds. The lowest BCUT2D eigenvalue weighted by molar-refractivity contribution is 0.0500. The van der Waals surface area contributed by atoms with Crippen LogP contribution < -0.4 is 5.32 Å². The van der Waals surface area contributed by atoms with Crippen LogP contribution in [0.15, 0.2) is 10.5 Å². The third-order valence-corrected chi connectivity index (χ3v) is 3.03. The van der Waals surface area contributed by atoms with Crippen LogP contribution in [-0.4, -0.2) is 29.2 Å². The van der Waals surface area contributed by atoms with Gasteiger partial charge in [0.2, 0.25) is 5.88 Å². The van der Waals surface area contributed by atoms with E-state index in [-0.39, 0.29) is 5.88 Å². The molecule has 0 spiro atoms. The number of hydrogen-bond acceptors (Lipinski definition) is 5. The van der Waals surface area contributed by atoms with Crippen LogP contribution in [0.25, 0.3) is 0 Å². The zero-order valence-electron chi connectivity index (χ0n) is 11.2. The molecule has 0 atom stereocenters. The second-order valence-corrected chi connectivity index (χ2v) is 4.96. The van der Waals surface area contributed by atoms with Gasteiger partial charge < -0.3 is 15.2 Å². The fourth-order valence-corrected chi connectivity index (χ4v) is 1.72. The van der Waals surface area contributed by atoms with E-state index in [0.717, 1.165) is 19.3 Å². The van der Waals surface area contributed by atoms with E-state index in [2.05, 4.69) is 26.2 Å². The number of pyridine rings is 1. The minimum Gasteiger partial charge on any atom is -0.492 e. The Kier molecular flexibility index (Phi) is 6.62. The Morgan fingerprint density at radius 1 is 1.47 bits per heavy atom. The number of rotatable bonds is 7. The molecule has 1 aromatic rings. The molecule has 19 heavy (non-hydrogen) atoms. The van der Waals surface area contributed by atoms with Crippen LogP contribution in [0, 0.1) is 0 Å². The zero-order valence-corrected chi connectivity index (χ0v) is 12.8. The van der Waals surface area contributed by atoms with Crippen molar-refractivity contribution in [2.45, 2.75) is 33.1 Å².